The number of benzene rings is 2. The number of nitriles is 2. The lowest BCUT2D eigenvalue weighted by Gasteiger charge is -2.00. The van der Waals surface area contributed by atoms with Crippen molar-refractivity contribution < 1.29 is 4.79 Å². The molecule has 0 aliphatic carbocycles. The van der Waals surface area contributed by atoms with Gasteiger partial charge in [0.05, 0.1) is 11.6 Å². The normalized spacial score (nSPS) is 10.4. The molecule has 94 valence electrons. The van der Waals surface area contributed by atoms with Gasteiger partial charge >= 0.3 is 0 Å². The summed E-state index contributed by atoms with van der Waals surface area (Å²) in [5.41, 5.74) is 1.66. The van der Waals surface area contributed by atoms with E-state index in [4.69, 9.17) is 10.5 Å². The van der Waals surface area contributed by atoms with Crippen LogP contribution >= 0.6 is 0 Å². The fourth-order valence-corrected chi connectivity index (χ4v) is 1.76. The summed E-state index contributed by atoms with van der Waals surface area (Å²) in [7, 11) is 0. The molecule has 2 rings (SSSR count). The third kappa shape index (κ3) is 2.98. The summed E-state index contributed by atoms with van der Waals surface area (Å²) in [6, 6.07) is 19.3. The molecule has 0 fully saturated rings. The Morgan fingerprint density at radius 2 is 1.75 bits per heavy atom. The van der Waals surface area contributed by atoms with Crippen LogP contribution in [0.1, 0.15) is 21.5 Å². The van der Waals surface area contributed by atoms with Crippen molar-refractivity contribution in [3.8, 4) is 12.1 Å². The highest BCUT2D eigenvalue weighted by molar-refractivity contribution is 6.14. The predicted molar refractivity (Wildman–Crippen MR) is 75.5 cm³/mol. The van der Waals surface area contributed by atoms with Gasteiger partial charge in [0.25, 0.3) is 0 Å². The molecule has 0 atom stereocenters. The molecular formula is C17H10N2O. The molecule has 0 aromatic heterocycles. The van der Waals surface area contributed by atoms with Crippen molar-refractivity contribution in [2.45, 2.75) is 0 Å². The lowest BCUT2D eigenvalue weighted by molar-refractivity contribution is 0.104. The van der Waals surface area contributed by atoms with E-state index in [9.17, 15) is 4.79 Å². The summed E-state index contributed by atoms with van der Waals surface area (Å²) < 4.78 is 0. The molecule has 0 heterocycles. The van der Waals surface area contributed by atoms with Gasteiger partial charge in [-0.25, -0.2) is 0 Å². The first-order chi connectivity index (χ1) is 9.74. The van der Waals surface area contributed by atoms with Crippen LogP contribution in [-0.2, 0) is 0 Å². The molecular weight excluding hydrogens is 248 g/mol. The lowest BCUT2D eigenvalue weighted by atomic mass is 10.0. The van der Waals surface area contributed by atoms with Crippen molar-refractivity contribution >= 4 is 11.9 Å². The van der Waals surface area contributed by atoms with E-state index in [-0.39, 0.29) is 11.4 Å². The highest BCUT2D eigenvalue weighted by atomic mass is 16.1. The maximum atomic E-state index is 12.2. The zero-order valence-electron chi connectivity index (χ0n) is 10.6. The molecule has 0 aliphatic rings. The van der Waals surface area contributed by atoms with Crippen LogP contribution in [-0.4, -0.2) is 5.78 Å². The third-order valence-electron chi connectivity index (χ3n) is 2.73. The summed E-state index contributed by atoms with van der Waals surface area (Å²) in [6.07, 6.45) is 1.50. The Hall–Kier alpha value is -3.17. The highest BCUT2D eigenvalue weighted by Crippen LogP contribution is 2.13. The quantitative estimate of drug-likeness (QED) is 0.481. The molecule has 0 amide bonds. The van der Waals surface area contributed by atoms with Gasteiger partial charge in [-0.3, -0.25) is 4.79 Å². The minimum atomic E-state index is -0.324. The Bertz CT molecular complexity index is 747. The first-order valence-electron chi connectivity index (χ1n) is 5.96. The van der Waals surface area contributed by atoms with E-state index in [1.807, 2.05) is 18.2 Å². The minimum Gasteiger partial charge on any atom is -0.288 e. The van der Waals surface area contributed by atoms with Crippen molar-refractivity contribution in [3.05, 3.63) is 76.9 Å². The molecule has 0 unspecified atom stereocenters. The smallest absolute Gasteiger partial charge is 0.203 e. The van der Waals surface area contributed by atoms with Gasteiger partial charge in [0.2, 0.25) is 5.78 Å². The van der Waals surface area contributed by atoms with Crippen molar-refractivity contribution in [3.63, 3.8) is 0 Å². The van der Waals surface area contributed by atoms with Crippen molar-refractivity contribution in [1.29, 1.82) is 10.5 Å². The van der Waals surface area contributed by atoms with Gasteiger partial charge in [0.15, 0.2) is 0 Å². The SMILES string of the molecule is N#C/C(=C\c1cccc(C#N)c1)C(=O)c1ccccc1. The fourth-order valence-electron chi connectivity index (χ4n) is 1.76. The van der Waals surface area contributed by atoms with Crippen LogP contribution in [0.25, 0.3) is 6.08 Å². The first-order valence-corrected chi connectivity index (χ1v) is 5.96. The molecule has 0 saturated heterocycles. The largest absolute Gasteiger partial charge is 0.288 e. The molecule has 0 bridgehead atoms. The van der Waals surface area contributed by atoms with Crippen LogP contribution in [0.4, 0.5) is 0 Å². The summed E-state index contributed by atoms with van der Waals surface area (Å²) in [5, 5.41) is 18.0. The van der Waals surface area contributed by atoms with Crippen LogP contribution in [0.2, 0.25) is 0 Å². The number of carbonyl (C=O) groups excluding carboxylic acids is 1. The van der Waals surface area contributed by atoms with Gasteiger partial charge in [0.1, 0.15) is 11.6 Å². The van der Waals surface area contributed by atoms with E-state index in [1.54, 1.807) is 48.5 Å². The van der Waals surface area contributed by atoms with Gasteiger partial charge < -0.3 is 0 Å². The Kier molecular flexibility index (Phi) is 4.07. The molecule has 0 spiro atoms. The molecule has 3 nitrogen and oxygen atoms in total. The molecule has 0 saturated carbocycles. The summed E-state index contributed by atoms with van der Waals surface area (Å²) in [4.78, 5) is 12.2. The zero-order chi connectivity index (χ0) is 14.4. The second kappa shape index (κ2) is 6.13. The van der Waals surface area contributed by atoms with Gasteiger partial charge in [-0.15, -0.1) is 0 Å². The Labute approximate surface area is 117 Å². The van der Waals surface area contributed by atoms with Crippen molar-refractivity contribution in [2.75, 3.05) is 0 Å². The number of ketones is 1. The van der Waals surface area contributed by atoms with E-state index in [0.29, 0.717) is 16.7 Å². The van der Waals surface area contributed by atoms with Crippen molar-refractivity contribution in [1.82, 2.24) is 0 Å². The number of rotatable bonds is 3. The Morgan fingerprint density at radius 3 is 2.40 bits per heavy atom. The molecule has 0 radical (unpaired) electrons. The zero-order valence-corrected chi connectivity index (χ0v) is 10.6. The number of allylic oxidation sites excluding steroid dienone is 1. The van der Waals surface area contributed by atoms with E-state index in [0.717, 1.165) is 0 Å². The monoisotopic (exact) mass is 258 g/mol. The average Bonchev–Trinajstić information content (AvgIpc) is 2.53. The molecule has 2 aromatic rings. The summed E-state index contributed by atoms with van der Waals surface area (Å²) >= 11 is 0. The average molecular weight is 258 g/mol. The fraction of sp³-hybridized carbons (Fsp3) is 0. The second-order valence-corrected chi connectivity index (χ2v) is 4.10. The van der Waals surface area contributed by atoms with Gasteiger partial charge in [-0.1, -0.05) is 42.5 Å². The van der Waals surface area contributed by atoms with Crippen molar-refractivity contribution in [2.24, 2.45) is 0 Å². The maximum absolute atomic E-state index is 12.2. The summed E-state index contributed by atoms with van der Waals surface area (Å²) in [6.45, 7) is 0. The van der Waals surface area contributed by atoms with Crippen LogP contribution in [0.5, 0.6) is 0 Å². The Morgan fingerprint density at radius 1 is 1.00 bits per heavy atom. The van der Waals surface area contributed by atoms with E-state index in [2.05, 4.69) is 0 Å². The molecule has 20 heavy (non-hydrogen) atoms. The second-order valence-electron chi connectivity index (χ2n) is 4.10. The van der Waals surface area contributed by atoms with Gasteiger partial charge in [0, 0.05) is 5.56 Å². The first kappa shape index (κ1) is 13.3. The van der Waals surface area contributed by atoms with Crippen LogP contribution < -0.4 is 0 Å². The van der Waals surface area contributed by atoms with Crippen LogP contribution in [0, 0.1) is 22.7 Å². The maximum Gasteiger partial charge on any atom is 0.203 e. The van der Waals surface area contributed by atoms with Gasteiger partial charge in [-0.2, -0.15) is 10.5 Å². The third-order valence-corrected chi connectivity index (χ3v) is 2.73. The van der Waals surface area contributed by atoms with E-state index < -0.39 is 0 Å². The number of carbonyl (C=O) groups is 1. The van der Waals surface area contributed by atoms with Crippen LogP contribution in [0.3, 0.4) is 0 Å². The van der Waals surface area contributed by atoms with E-state index in [1.165, 1.54) is 6.08 Å². The van der Waals surface area contributed by atoms with Gasteiger partial charge in [-0.05, 0) is 23.8 Å². The lowest BCUT2D eigenvalue weighted by Crippen LogP contribution is -2.01. The molecule has 2 aromatic carbocycles. The van der Waals surface area contributed by atoms with E-state index >= 15 is 0 Å². The number of hydrogen-bond donors (Lipinski definition) is 0. The molecule has 0 N–H and O–H groups in total. The number of nitrogens with zero attached hydrogens (tertiary/aromatic N) is 2. The van der Waals surface area contributed by atoms with Crippen LogP contribution in [0.15, 0.2) is 60.2 Å². The topological polar surface area (TPSA) is 64.7 Å². The summed E-state index contributed by atoms with van der Waals surface area (Å²) in [5.74, 6) is -0.324. The minimum absolute atomic E-state index is 0.0475. The Balaban J connectivity index is 2.38. The number of Topliss-reactive ketones (excluding diaryl/α,β-unsaturated/α-hetero) is 1. The number of hydrogen-bond acceptors (Lipinski definition) is 3. The molecule has 3 heteroatoms. The highest BCUT2D eigenvalue weighted by Gasteiger charge is 2.11. The standard InChI is InChI=1S/C17H10N2O/c18-11-14-6-4-5-13(9-14)10-16(12-19)17(20)15-7-2-1-3-8-15/h1-10H/b16-10+. The molecule has 0 aliphatic heterocycles. The predicted octanol–water partition coefficient (Wildman–Crippen LogP) is 3.35.